The number of carbonyl (C=O) groups excluding carboxylic acids is 1. The third-order valence-corrected chi connectivity index (χ3v) is 1.64. The number of hydrogen-bond donors (Lipinski definition) is 0. The predicted octanol–water partition coefficient (Wildman–Crippen LogP) is 2.04. The molecule has 0 aliphatic heterocycles. The van der Waals surface area contributed by atoms with Crippen molar-refractivity contribution in [3.8, 4) is 0 Å². The van der Waals surface area contributed by atoms with Gasteiger partial charge in [-0.25, -0.2) is 0 Å². The van der Waals surface area contributed by atoms with Gasteiger partial charge >= 0.3 is 0 Å². The zero-order valence-corrected chi connectivity index (χ0v) is 8.27. The highest BCUT2D eigenvalue weighted by Gasteiger charge is 2.21. The van der Waals surface area contributed by atoms with Gasteiger partial charge in [0.2, 0.25) is 5.91 Å². The van der Waals surface area contributed by atoms with Crippen molar-refractivity contribution in [2.24, 2.45) is 0 Å². The molecular formula is C9H19NO. The predicted molar refractivity (Wildman–Crippen MR) is 47.4 cm³/mol. The highest BCUT2D eigenvalue weighted by Crippen LogP contribution is 2.13. The Bertz CT molecular complexity index is 135. The van der Waals surface area contributed by atoms with Crippen LogP contribution in [-0.4, -0.2) is 22.9 Å². The van der Waals surface area contributed by atoms with E-state index in [0.29, 0.717) is 0 Å². The van der Waals surface area contributed by atoms with Crippen LogP contribution in [0, 0.1) is 0 Å². The lowest BCUT2D eigenvalue weighted by Gasteiger charge is -2.34. The molecule has 0 aromatic heterocycles. The Labute approximate surface area is 69.6 Å². The summed E-state index contributed by atoms with van der Waals surface area (Å²) in [5.41, 5.74) is -0.0259. The van der Waals surface area contributed by atoms with Crippen LogP contribution in [-0.2, 0) is 4.79 Å². The Morgan fingerprint density at radius 3 is 1.91 bits per heavy atom. The van der Waals surface area contributed by atoms with Crippen molar-refractivity contribution < 1.29 is 4.79 Å². The van der Waals surface area contributed by atoms with Gasteiger partial charge in [0.05, 0.1) is 0 Å². The fourth-order valence-corrected chi connectivity index (χ4v) is 1.19. The van der Waals surface area contributed by atoms with E-state index in [0.717, 1.165) is 13.0 Å². The van der Waals surface area contributed by atoms with Gasteiger partial charge in [-0.15, -0.1) is 0 Å². The molecule has 66 valence electrons. The molecule has 2 heteroatoms. The van der Waals surface area contributed by atoms with Crippen molar-refractivity contribution in [2.45, 2.75) is 46.6 Å². The molecule has 11 heavy (non-hydrogen) atoms. The van der Waals surface area contributed by atoms with Crippen LogP contribution in [0.3, 0.4) is 0 Å². The van der Waals surface area contributed by atoms with Crippen molar-refractivity contribution in [2.75, 3.05) is 6.54 Å². The fourth-order valence-electron chi connectivity index (χ4n) is 1.19. The first kappa shape index (κ1) is 10.5. The van der Waals surface area contributed by atoms with Crippen molar-refractivity contribution in [3.05, 3.63) is 0 Å². The van der Waals surface area contributed by atoms with E-state index in [1.807, 2.05) is 4.90 Å². The van der Waals surface area contributed by atoms with Gasteiger partial charge < -0.3 is 4.90 Å². The van der Waals surface area contributed by atoms with Gasteiger partial charge in [0.25, 0.3) is 0 Å². The van der Waals surface area contributed by atoms with E-state index in [4.69, 9.17) is 0 Å². The van der Waals surface area contributed by atoms with Crippen LogP contribution in [0.25, 0.3) is 0 Å². The summed E-state index contributed by atoms with van der Waals surface area (Å²) in [7, 11) is 0. The van der Waals surface area contributed by atoms with E-state index in [2.05, 4.69) is 27.7 Å². The third-order valence-electron chi connectivity index (χ3n) is 1.64. The summed E-state index contributed by atoms with van der Waals surface area (Å²) in [5, 5.41) is 0. The molecule has 0 saturated carbocycles. The summed E-state index contributed by atoms with van der Waals surface area (Å²) in [6.45, 7) is 10.7. The molecule has 0 aliphatic rings. The zero-order chi connectivity index (χ0) is 9.07. The number of amides is 1. The second-order valence-electron chi connectivity index (χ2n) is 3.84. The Morgan fingerprint density at radius 2 is 1.82 bits per heavy atom. The minimum absolute atomic E-state index is 0.0259. The topological polar surface area (TPSA) is 20.3 Å². The Kier molecular flexibility index (Phi) is 3.56. The first-order valence-electron chi connectivity index (χ1n) is 4.17. The van der Waals surface area contributed by atoms with Crippen LogP contribution >= 0.6 is 0 Å². The highest BCUT2D eigenvalue weighted by atomic mass is 16.2. The molecule has 0 bridgehead atoms. The molecule has 0 rings (SSSR count). The van der Waals surface area contributed by atoms with Gasteiger partial charge in [0.15, 0.2) is 0 Å². The van der Waals surface area contributed by atoms with E-state index in [9.17, 15) is 4.79 Å². The molecule has 0 aliphatic carbocycles. The van der Waals surface area contributed by atoms with Gasteiger partial charge in [0, 0.05) is 19.0 Å². The maximum Gasteiger partial charge on any atom is 0.219 e. The molecule has 0 unspecified atom stereocenters. The third kappa shape index (κ3) is 3.40. The van der Waals surface area contributed by atoms with E-state index in [1.165, 1.54) is 0 Å². The van der Waals surface area contributed by atoms with Crippen LogP contribution in [0.1, 0.15) is 41.0 Å². The minimum atomic E-state index is -0.0259. The average molecular weight is 157 g/mol. The SMILES string of the molecule is CCCN(C(C)=O)C(C)(C)C. The molecule has 0 saturated heterocycles. The standard InChI is InChI=1S/C9H19NO/c1-6-7-10(8(2)11)9(3,4)5/h6-7H2,1-5H3. The van der Waals surface area contributed by atoms with Gasteiger partial charge in [-0.3, -0.25) is 4.79 Å². The van der Waals surface area contributed by atoms with Crippen molar-refractivity contribution in [1.29, 1.82) is 0 Å². The Morgan fingerprint density at radius 1 is 1.36 bits per heavy atom. The Hall–Kier alpha value is -0.530. The second kappa shape index (κ2) is 3.74. The summed E-state index contributed by atoms with van der Waals surface area (Å²) in [6.07, 6.45) is 1.02. The van der Waals surface area contributed by atoms with Crippen LogP contribution in [0.2, 0.25) is 0 Å². The first-order chi connectivity index (χ1) is 4.89. The normalized spacial score (nSPS) is 11.4. The Balaban J connectivity index is 4.22. The number of carbonyl (C=O) groups is 1. The van der Waals surface area contributed by atoms with Gasteiger partial charge in [-0.05, 0) is 27.2 Å². The van der Waals surface area contributed by atoms with E-state index >= 15 is 0 Å². The van der Waals surface area contributed by atoms with Gasteiger partial charge in [0.1, 0.15) is 0 Å². The molecule has 0 aromatic rings. The molecule has 2 nitrogen and oxygen atoms in total. The van der Waals surface area contributed by atoms with Crippen molar-refractivity contribution >= 4 is 5.91 Å². The monoisotopic (exact) mass is 157 g/mol. The lowest BCUT2D eigenvalue weighted by Crippen LogP contribution is -2.44. The highest BCUT2D eigenvalue weighted by molar-refractivity contribution is 5.74. The summed E-state index contributed by atoms with van der Waals surface area (Å²) < 4.78 is 0. The van der Waals surface area contributed by atoms with Crippen molar-refractivity contribution in [3.63, 3.8) is 0 Å². The lowest BCUT2D eigenvalue weighted by molar-refractivity contribution is -0.133. The maximum atomic E-state index is 11.1. The zero-order valence-electron chi connectivity index (χ0n) is 8.27. The average Bonchev–Trinajstić information content (AvgIpc) is 1.79. The molecule has 0 heterocycles. The quantitative estimate of drug-likeness (QED) is 0.600. The smallest absolute Gasteiger partial charge is 0.219 e. The van der Waals surface area contributed by atoms with Crippen LogP contribution in [0.5, 0.6) is 0 Å². The summed E-state index contributed by atoms with van der Waals surface area (Å²) in [5.74, 6) is 0.166. The number of hydrogen-bond acceptors (Lipinski definition) is 1. The molecular weight excluding hydrogens is 138 g/mol. The maximum absolute atomic E-state index is 11.1. The summed E-state index contributed by atoms with van der Waals surface area (Å²) in [6, 6.07) is 0. The van der Waals surface area contributed by atoms with Crippen LogP contribution in [0.15, 0.2) is 0 Å². The molecule has 0 atom stereocenters. The van der Waals surface area contributed by atoms with Crippen LogP contribution < -0.4 is 0 Å². The van der Waals surface area contributed by atoms with Crippen LogP contribution in [0.4, 0.5) is 0 Å². The molecule has 0 radical (unpaired) electrons. The number of rotatable bonds is 2. The fraction of sp³-hybridized carbons (Fsp3) is 0.889. The largest absolute Gasteiger partial charge is 0.338 e. The van der Waals surface area contributed by atoms with E-state index in [1.54, 1.807) is 6.92 Å². The minimum Gasteiger partial charge on any atom is -0.338 e. The molecule has 0 N–H and O–H groups in total. The molecule has 0 aromatic carbocycles. The summed E-state index contributed by atoms with van der Waals surface area (Å²) >= 11 is 0. The van der Waals surface area contributed by atoms with Gasteiger partial charge in [-0.1, -0.05) is 6.92 Å². The van der Waals surface area contributed by atoms with E-state index in [-0.39, 0.29) is 11.4 Å². The van der Waals surface area contributed by atoms with Gasteiger partial charge in [-0.2, -0.15) is 0 Å². The summed E-state index contributed by atoms with van der Waals surface area (Å²) in [4.78, 5) is 13.0. The lowest BCUT2D eigenvalue weighted by atomic mass is 10.1. The van der Waals surface area contributed by atoms with Crippen molar-refractivity contribution in [1.82, 2.24) is 4.90 Å². The molecule has 0 spiro atoms. The first-order valence-corrected chi connectivity index (χ1v) is 4.17. The molecule has 0 fully saturated rings. The van der Waals surface area contributed by atoms with E-state index < -0.39 is 0 Å². The number of nitrogens with zero attached hydrogens (tertiary/aromatic N) is 1. The molecule has 1 amide bonds. The second-order valence-corrected chi connectivity index (χ2v) is 3.84.